The normalized spacial score (nSPS) is 17.4. The molecule has 0 bridgehead atoms. The maximum absolute atomic E-state index is 13.6. The highest BCUT2D eigenvalue weighted by atomic mass is 19.1. The lowest BCUT2D eigenvalue weighted by atomic mass is 9.86. The first kappa shape index (κ1) is 10.7. The smallest absolute Gasteiger partial charge is 0.195 e. The first-order valence-corrected chi connectivity index (χ1v) is 4.92. The van der Waals surface area contributed by atoms with Crippen molar-refractivity contribution in [2.24, 2.45) is 0 Å². The zero-order valence-corrected chi connectivity index (χ0v) is 8.79. The summed E-state index contributed by atoms with van der Waals surface area (Å²) in [7, 11) is 1.48. The van der Waals surface area contributed by atoms with Gasteiger partial charge in [-0.1, -0.05) is 0 Å². The van der Waals surface area contributed by atoms with Crippen molar-refractivity contribution in [3.05, 3.63) is 40.9 Å². The van der Waals surface area contributed by atoms with Crippen molar-refractivity contribution < 1.29 is 19.0 Å². The largest absolute Gasteiger partial charge is 0.515 e. The fourth-order valence-electron chi connectivity index (χ4n) is 1.94. The molecule has 0 spiro atoms. The van der Waals surface area contributed by atoms with E-state index in [0.29, 0.717) is 24.2 Å². The number of rotatable bonds is 1. The van der Waals surface area contributed by atoms with Crippen LogP contribution >= 0.6 is 0 Å². The van der Waals surface area contributed by atoms with Crippen LogP contribution in [0.4, 0.5) is 4.39 Å². The maximum Gasteiger partial charge on any atom is 0.195 e. The highest BCUT2D eigenvalue weighted by Crippen LogP contribution is 2.33. The molecule has 0 saturated carbocycles. The molecule has 0 heterocycles. The van der Waals surface area contributed by atoms with E-state index in [1.165, 1.54) is 19.2 Å². The summed E-state index contributed by atoms with van der Waals surface area (Å²) in [4.78, 5) is 11.8. The van der Waals surface area contributed by atoms with Gasteiger partial charge in [-0.3, -0.25) is 4.79 Å². The SMILES string of the molecule is COc1ccc(F)c2c1CC/C(=C/O)C2=O. The Morgan fingerprint density at radius 3 is 2.81 bits per heavy atom. The van der Waals surface area contributed by atoms with Crippen molar-refractivity contribution in [1.29, 1.82) is 0 Å². The van der Waals surface area contributed by atoms with Crippen LogP contribution in [0.2, 0.25) is 0 Å². The predicted octanol–water partition coefficient (Wildman–Crippen LogP) is 2.41. The molecule has 2 rings (SSSR count). The van der Waals surface area contributed by atoms with Gasteiger partial charge in [-0.2, -0.15) is 0 Å². The summed E-state index contributed by atoms with van der Waals surface area (Å²) in [5.41, 5.74) is 0.837. The minimum atomic E-state index is -0.570. The van der Waals surface area contributed by atoms with E-state index >= 15 is 0 Å². The molecule has 0 unspecified atom stereocenters. The van der Waals surface area contributed by atoms with Gasteiger partial charge in [0.1, 0.15) is 11.6 Å². The van der Waals surface area contributed by atoms with Crippen LogP contribution in [0.15, 0.2) is 24.0 Å². The molecule has 1 aromatic carbocycles. The van der Waals surface area contributed by atoms with Gasteiger partial charge >= 0.3 is 0 Å². The van der Waals surface area contributed by atoms with Crippen molar-refractivity contribution in [3.8, 4) is 5.75 Å². The second-order valence-corrected chi connectivity index (χ2v) is 3.59. The first-order valence-electron chi connectivity index (χ1n) is 4.92. The van der Waals surface area contributed by atoms with Crippen LogP contribution in [-0.4, -0.2) is 18.0 Å². The second kappa shape index (κ2) is 3.96. The third kappa shape index (κ3) is 1.46. The number of benzene rings is 1. The molecular formula is C12H11FO3. The molecule has 1 aliphatic rings. The fourth-order valence-corrected chi connectivity index (χ4v) is 1.94. The Kier molecular flexibility index (Phi) is 2.64. The van der Waals surface area contributed by atoms with E-state index in [1.807, 2.05) is 0 Å². The molecule has 1 aromatic rings. The van der Waals surface area contributed by atoms with E-state index in [2.05, 4.69) is 0 Å². The van der Waals surface area contributed by atoms with Gasteiger partial charge < -0.3 is 9.84 Å². The molecule has 0 atom stereocenters. The Morgan fingerprint density at radius 2 is 2.19 bits per heavy atom. The van der Waals surface area contributed by atoms with Crippen molar-refractivity contribution in [2.75, 3.05) is 7.11 Å². The molecule has 1 N–H and O–H groups in total. The summed E-state index contributed by atoms with van der Waals surface area (Å²) in [6, 6.07) is 2.71. The summed E-state index contributed by atoms with van der Waals surface area (Å²) in [6.07, 6.45) is 1.65. The van der Waals surface area contributed by atoms with Crippen LogP contribution in [0.5, 0.6) is 5.75 Å². The van der Waals surface area contributed by atoms with Gasteiger partial charge in [0.15, 0.2) is 5.78 Å². The monoisotopic (exact) mass is 222 g/mol. The van der Waals surface area contributed by atoms with Crippen LogP contribution < -0.4 is 4.74 Å². The number of hydrogen-bond acceptors (Lipinski definition) is 3. The standard InChI is InChI=1S/C12H11FO3/c1-16-10-5-4-9(13)11-8(10)3-2-7(6-14)12(11)15/h4-6,14H,2-3H2,1H3/b7-6-. The van der Waals surface area contributed by atoms with Crippen molar-refractivity contribution in [1.82, 2.24) is 0 Å². The van der Waals surface area contributed by atoms with Gasteiger partial charge in [0.05, 0.1) is 18.9 Å². The number of fused-ring (bicyclic) bond motifs is 1. The Labute approximate surface area is 92.2 Å². The lowest BCUT2D eigenvalue weighted by molar-refractivity contribution is 0.101. The molecule has 84 valence electrons. The summed E-state index contributed by atoms with van der Waals surface area (Å²) >= 11 is 0. The summed E-state index contributed by atoms with van der Waals surface area (Å²) in [5, 5.41) is 8.87. The molecule has 0 aromatic heterocycles. The molecular weight excluding hydrogens is 211 g/mol. The Balaban J connectivity index is 2.63. The lowest BCUT2D eigenvalue weighted by Crippen LogP contribution is -2.17. The minimum absolute atomic E-state index is 0.0194. The highest BCUT2D eigenvalue weighted by Gasteiger charge is 2.27. The molecule has 1 aliphatic carbocycles. The number of Topliss-reactive ketones (excluding diaryl/α,β-unsaturated/α-hetero) is 1. The zero-order valence-electron chi connectivity index (χ0n) is 8.79. The van der Waals surface area contributed by atoms with Crippen molar-refractivity contribution in [2.45, 2.75) is 12.8 Å². The average molecular weight is 222 g/mol. The highest BCUT2D eigenvalue weighted by molar-refractivity contribution is 6.11. The summed E-state index contributed by atoms with van der Waals surface area (Å²) < 4.78 is 18.6. The van der Waals surface area contributed by atoms with Gasteiger partial charge in [0.25, 0.3) is 0 Å². The Hall–Kier alpha value is -1.84. The number of hydrogen-bond donors (Lipinski definition) is 1. The number of ketones is 1. The van der Waals surface area contributed by atoms with Crippen LogP contribution in [-0.2, 0) is 6.42 Å². The number of methoxy groups -OCH3 is 1. The third-order valence-electron chi connectivity index (χ3n) is 2.76. The summed E-state index contributed by atoms with van der Waals surface area (Å²) in [6.45, 7) is 0. The van der Waals surface area contributed by atoms with E-state index in [4.69, 9.17) is 9.84 Å². The van der Waals surface area contributed by atoms with Crippen molar-refractivity contribution >= 4 is 5.78 Å². The number of carbonyl (C=O) groups excluding carboxylic acids is 1. The zero-order chi connectivity index (χ0) is 11.7. The number of allylic oxidation sites excluding steroid dienone is 1. The topological polar surface area (TPSA) is 46.5 Å². The number of aliphatic hydroxyl groups excluding tert-OH is 1. The van der Waals surface area contributed by atoms with Crippen LogP contribution in [0.1, 0.15) is 22.3 Å². The van der Waals surface area contributed by atoms with Gasteiger partial charge in [0.2, 0.25) is 0 Å². The molecule has 4 heteroatoms. The van der Waals surface area contributed by atoms with E-state index in [0.717, 1.165) is 6.26 Å². The van der Waals surface area contributed by atoms with Crippen molar-refractivity contribution in [3.63, 3.8) is 0 Å². The van der Waals surface area contributed by atoms with Crippen LogP contribution in [0.25, 0.3) is 0 Å². The maximum atomic E-state index is 13.6. The van der Waals surface area contributed by atoms with E-state index in [-0.39, 0.29) is 11.1 Å². The minimum Gasteiger partial charge on any atom is -0.515 e. The average Bonchev–Trinajstić information content (AvgIpc) is 2.30. The lowest BCUT2D eigenvalue weighted by Gasteiger charge is -2.19. The number of halogens is 1. The van der Waals surface area contributed by atoms with Crippen LogP contribution in [0, 0.1) is 5.82 Å². The number of carbonyl (C=O) groups is 1. The first-order chi connectivity index (χ1) is 7.69. The molecule has 16 heavy (non-hydrogen) atoms. The second-order valence-electron chi connectivity index (χ2n) is 3.59. The van der Waals surface area contributed by atoms with Gasteiger partial charge in [-0.25, -0.2) is 4.39 Å². The summed E-state index contributed by atoms with van der Waals surface area (Å²) in [5.74, 6) is -0.512. The molecule has 0 aliphatic heterocycles. The van der Waals surface area contributed by atoms with Crippen LogP contribution in [0.3, 0.4) is 0 Å². The molecule has 0 fully saturated rings. The fraction of sp³-hybridized carbons (Fsp3) is 0.250. The Morgan fingerprint density at radius 1 is 1.44 bits per heavy atom. The number of ether oxygens (including phenoxy) is 1. The van der Waals surface area contributed by atoms with Gasteiger partial charge in [-0.15, -0.1) is 0 Å². The van der Waals surface area contributed by atoms with Gasteiger partial charge in [0, 0.05) is 11.1 Å². The van der Waals surface area contributed by atoms with Gasteiger partial charge in [-0.05, 0) is 25.0 Å². The van der Waals surface area contributed by atoms with E-state index < -0.39 is 11.6 Å². The molecule has 0 saturated heterocycles. The predicted molar refractivity (Wildman–Crippen MR) is 56.3 cm³/mol. The molecule has 0 amide bonds. The number of aliphatic hydroxyl groups is 1. The quantitative estimate of drug-likeness (QED) is 0.586. The van der Waals surface area contributed by atoms with E-state index in [9.17, 15) is 9.18 Å². The third-order valence-corrected chi connectivity index (χ3v) is 2.76. The molecule has 0 radical (unpaired) electrons. The molecule has 3 nitrogen and oxygen atoms in total. The Bertz CT molecular complexity index is 477. The van der Waals surface area contributed by atoms with E-state index in [1.54, 1.807) is 0 Å².